The van der Waals surface area contributed by atoms with E-state index in [1.165, 1.54) is 0 Å². The van der Waals surface area contributed by atoms with Gasteiger partial charge in [0.2, 0.25) is 5.82 Å². The average Bonchev–Trinajstić information content (AvgIpc) is 3.06. The molecule has 2 aromatic carbocycles. The molecular formula is C20H21N5O2. The summed E-state index contributed by atoms with van der Waals surface area (Å²) in [4.78, 5) is 4.88. The van der Waals surface area contributed by atoms with Crippen LogP contribution in [0.5, 0.6) is 17.2 Å². The van der Waals surface area contributed by atoms with Crippen molar-refractivity contribution in [1.82, 2.24) is 20.2 Å². The zero-order valence-corrected chi connectivity index (χ0v) is 16.0. The third-order valence-corrected chi connectivity index (χ3v) is 4.33. The normalized spacial score (nSPS) is 13.1. The SMILES string of the molecule is COc1ccc2c(c1)N=C(c1nnnn1C(C)(C)C)c1ccc(C)cc1O2. The van der Waals surface area contributed by atoms with Gasteiger partial charge < -0.3 is 9.47 Å². The van der Waals surface area contributed by atoms with Crippen LogP contribution in [0.4, 0.5) is 5.69 Å². The fourth-order valence-corrected chi connectivity index (χ4v) is 2.96. The number of aryl methyl sites for hydroxylation is 1. The highest BCUT2D eigenvalue weighted by molar-refractivity contribution is 6.14. The number of fused-ring (bicyclic) bond motifs is 2. The van der Waals surface area contributed by atoms with Crippen molar-refractivity contribution < 1.29 is 9.47 Å². The predicted molar refractivity (Wildman–Crippen MR) is 102 cm³/mol. The van der Waals surface area contributed by atoms with Gasteiger partial charge in [-0.05, 0) is 68.0 Å². The first kappa shape index (κ1) is 17.2. The number of tetrazole rings is 1. The lowest BCUT2D eigenvalue weighted by Gasteiger charge is -2.20. The molecule has 0 N–H and O–H groups in total. The smallest absolute Gasteiger partial charge is 0.201 e. The number of aromatic nitrogens is 4. The van der Waals surface area contributed by atoms with Crippen molar-refractivity contribution in [1.29, 1.82) is 0 Å². The van der Waals surface area contributed by atoms with Crippen LogP contribution in [0.3, 0.4) is 0 Å². The van der Waals surface area contributed by atoms with Gasteiger partial charge in [0.15, 0.2) is 5.75 Å². The van der Waals surface area contributed by atoms with E-state index in [0.717, 1.165) is 16.9 Å². The van der Waals surface area contributed by atoms with Crippen LogP contribution in [0.1, 0.15) is 37.7 Å². The molecule has 0 bridgehead atoms. The van der Waals surface area contributed by atoms with Crippen LogP contribution in [-0.4, -0.2) is 33.0 Å². The molecule has 2 heterocycles. The second-order valence-corrected chi connectivity index (χ2v) is 7.48. The van der Waals surface area contributed by atoms with Crippen LogP contribution >= 0.6 is 0 Å². The minimum Gasteiger partial charge on any atom is -0.497 e. The van der Waals surface area contributed by atoms with Gasteiger partial charge >= 0.3 is 0 Å². The van der Waals surface area contributed by atoms with Crippen molar-refractivity contribution in [2.24, 2.45) is 4.99 Å². The molecular weight excluding hydrogens is 342 g/mol. The van der Waals surface area contributed by atoms with Crippen LogP contribution in [0, 0.1) is 6.92 Å². The van der Waals surface area contributed by atoms with Gasteiger partial charge in [-0.1, -0.05) is 6.07 Å². The van der Waals surface area contributed by atoms with E-state index in [9.17, 15) is 0 Å². The summed E-state index contributed by atoms with van der Waals surface area (Å²) in [6.07, 6.45) is 0. The molecule has 27 heavy (non-hydrogen) atoms. The first-order valence-corrected chi connectivity index (χ1v) is 8.71. The van der Waals surface area contributed by atoms with Gasteiger partial charge in [-0.2, -0.15) is 0 Å². The molecule has 0 amide bonds. The molecule has 0 fully saturated rings. The molecule has 3 aromatic rings. The summed E-state index contributed by atoms with van der Waals surface area (Å²) in [5.74, 6) is 2.68. The van der Waals surface area contributed by atoms with Crippen molar-refractivity contribution in [3.63, 3.8) is 0 Å². The fraction of sp³-hybridized carbons (Fsp3) is 0.300. The summed E-state index contributed by atoms with van der Waals surface area (Å²) in [6.45, 7) is 8.18. The number of nitrogens with zero attached hydrogens (tertiary/aromatic N) is 5. The Morgan fingerprint density at radius 1 is 1.04 bits per heavy atom. The Bertz CT molecular complexity index is 1050. The summed E-state index contributed by atoms with van der Waals surface area (Å²) in [6, 6.07) is 11.6. The van der Waals surface area contributed by atoms with E-state index in [-0.39, 0.29) is 5.54 Å². The lowest BCUT2D eigenvalue weighted by Crippen LogP contribution is -2.28. The van der Waals surface area contributed by atoms with Gasteiger partial charge in [-0.3, -0.25) is 0 Å². The van der Waals surface area contributed by atoms with Gasteiger partial charge in [-0.25, -0.2) is 9.67 Å². The Labute approximate surface area is 157 Å². The minimum atomic E-state index is -0.295. The highest BCUT2D eigenvalue weighted by atomic mass is 16.5. The van der Waals surface area contributed by atoms with Crippen LogP contribution in [0.2, 0.25) is 0 Å². The molecule has 7 nitrogen and oxygen atoms in total. The maximum absolute atomic E-state index is 6.19. The minimum absolute atomic E-state index is 0.295. The number of ether oxygens (including phenoxy) is 2. The third kappa shape index (κ3) is 3.05. The molecule has 0 atom stereocenters. The molecule has 1 aliphatic heterocycles. The van der Waals surface area contributed by atoms with Crippen molar-refractivity contribution >= 4 is 11.4 Å². The summed E-state index contributed by atoms with van der Waals surface area (Å²) in [7, 11) is 1.63. The Balaban J connectivity index is 2.00. The Morgan fingerprint density at radius 3 is 2.59 bits per heavy atom. The van der Waals surface area contributed by atoms with Crippen LogP contribution in [0.25, 0.3) is 0 Å². The van der Waals surface area contributed by atoms with Gasteiger partial charge in [0.25, 0.3) is 0 Å². The highest BCUT2D eigenvalue weighted by Crippen LogP contribution is 2.40. The van der Waals surface area contributed by atoms with Gasteiger partial charge in [0.05, 0.1) is 12.6 Å². The first-order valence-electron chi connectivity index (χ1n) is 8.71. The number of aliphatic imine (C=N–C) groups is 1. The maximum Gasteiger partial charge on any atom is 0.201 e. The Morgan fingerprint density at radius 2 is 1.85 bits per heavy atom. The van der Waals surface area contributed by atoms with Crippen LogP contribution in [0.15, 0.2) is 41.4 Å². The molecule has 0 aliphatic carbocycles. The molecule has 1 aliphatic rings. The van der Waals surface area contributed by atoms with E-state index < -0.39 is 0 Å². The largest absolute Gasteiger partial charge is 0.497 e. The van der Waals surface area contributed by atoms with Crippen molar-refractivity contribution in [2.75, 3.05) is 7.11 Å². The van der Waals surface area contributed by atoms with E-state index in [0.29, 0.717) is 28.7 Å². The van der Waals surface area contributed by atoms with Crippen molar-refractivity contribution in [3.8, 4) is 17.2 Å². The number of benzene rings is 2. The maximum atomic E-state index is 6.19. The molecule has 1 aromatic heterocycles. The quantitative estimate of drug-likeness (QED) is 0.538. The summed E-state index contributed by atoms with van der Waals surface area (Å²) in [5, 5.41) is 12.3. The van der Waals surface area contributed by atoms with Crippen molar-refractivity contribution in [3.05, 3.63) is 53.3 Å². The zero-order chi connectivity index (χ0) is 19.2. The van der Waals surface area contributed by atoms with Crippen LogP contribution in [-0.2, 0) is 5.54 Å². The molecule has 0 saturated carbocycles. The molecule has 0 spiro atoms. The number of rotatable bonds is 2. The molecule has 0 radical (unpaired) electrons. The fourth-order valence-electron chi connectivity index (χ4n) is 2.96. The highest BCUT2D eigenvalue weighted by Gasteiger charge is 2.28. The standard InChI is InChI=1S/C20H21N5O2/c1-12-6-8-14-17(10-12)27-16-9-7-13(26-5)11-15(16)21-18(14)19-22-23-24-25(19)20(2,3)4/h6-11H,1-5H3. The number of methoxy groups -OCH3 is 1. The second-order valence-electron chi connectivity index (χ2n) is 7.48. The average molecular weight is 363 g/mol. The molecule has 0 unspecified atom stereocenters. The lowest BCUT2D eigenvalue weighted by molar-refractivity contribution is 0.345. The first-order chi connectivity index (χ1) is 12.9. The van der Waals surface area contributed by atoms with E-state index in [4.69, 9.17) is 14.5 Å². The molecule has 7 heteroatoms. The molecule has 4 rings (SSSR count). The second kappa shape index (κ2) is 6.19. The topological polar surface area (TPSA) is 74.4 Å². The lowest BCUT2D eigenvalue weighted by atomic mass is 10.0. The van der Waals surface area contributed by atoms with Gasteiger partial charge in [0, 0.05) is 11.6 Å². The summed E-state index contributed by atoms with van der Waals surface area (Å²) < 4.78 is 13.3. The monoisotopic (exact) mass is 363 g/mol. The van der Waals surface area contributed by atoms with Gasteiger partial charge in [-0.15, -0.1) is 5.10 Å². The van der Waals surface area contributed by atoms with Gasteiger partial charge in [0.1, 0.15) is 22.9 Å². The molecule has 138 valence electrons. The Kier molecular flexibility index (Phi) is 3.95. The van der Waals surface area contributed by atoms with Crippen molar-refractivity contribution in [2.45, 2.75) is 33.2 Å². The zero-order valence-electron chi connectivity index (χ0n) is 16.0. The Hall–Kier alpha value is -3.22. The number of hydrogen-bond donors (Lipinski definition) is 0. The van der Waals surface area contributed by atoms with Crippen LogP contribution < -0.4 is 9.47 Å². The van der Waals surface area contributed by atoms with E-state index in [1.54, 1.807) is 11.8 Å². The summed E-state index contributed by atoms with van der Waals surface area (Å²) >= 11 is 0. The third-order valence-electron chi connectivity index (χ3n) is 4.33. The predicted octanol–water partition coefficient (Wildman–Crippen LogP) is 4.02. The van der Waals surface area contributed by atoms with E-state index in [2.05, 4.69) is 15.5 Å². The molecule has 0 saturated heterocycles. The number of hydrogen-bond acceptors (Lipinski definition) is 6. The van der Waals surface area contributed by atoms with E-state index >= 15 is 0 Å². The van der Waals surface area contributed by atoms with E-state index in [1.807, 2.05) is 64.1 Å². The summed E-state index contributed by atoms with van der Waals surface area (Å²) in [5.41, 5.74) is 2.98.